The fraction of sp³-hybridized carbons (Fsp3) is 0.955. The van der Waals surface area contributed by atoms with E-state index in [-0.39, 0.29) is 5.92 Å². The van der Waals surface area contributed by atoms with E-state index in [9.17, 15) is 19.8 Å². The molecule has 0 amide bonds. The van der Waals surface area contributed by atoms with E-state index in [2.05, 4.69) is 27.7 Å². The van der Waals surface area contributed by atoms with Crippen molar-refractivity contribution in [3.8, 4) is 0 Å². The third-order valence-electron chi connectivity index (χ3n) is 10.9. The quantitative estimate of drug-likeness (QED) is 0.0624. The van der Waals surface area contributed by atoms with E-state index in [0.717, 1.165) is 51.4 Å². The Kier molecular flexibility index (Phi) is 34.5. The monoisotopic (exact) mass is 695 g/mol. The summed E-state index contributed by atoms with van der Waals surface area (Å²) < 4.78 is 6.47. The Bertz CT molecular complexity index is 724. The van der Waals surface area contributed by atoms with Gasteiger partial charge in [-0.05, 0) is 31.1 Å². The minimum Gasteiger partial charge on any atom is -0.481 e. The van der Waals surface area contributed by atoms with Gasteiger partial charge in [-0.3, -0.25) is 4.79 Å². The van der Waals surface area contributed by atoms with E-state index in [1.54, 1.807) is 0 Å². The normalized spacial score (nSPS) is 14.1. The topological polar surface area (TPSA) is 83.8 Å². The third kappa shape index (κ3) is 29.2. The summed E-state index contributed by atoms with van der Waals surface area (Å²) in [5.74, 6) is -1.66. The lowest BCUT2D eigenvalue weighted by molar-refractivity contribution is -0.178. The van der Waals surface area contributed by atoms with Gasteiger partial charge >= 0.3 is 11.9 Å². The van der Waals surface area contributed by atoms with Crippen LogP contribution in [0.4, 0.5) is 0 Å². The third-order valence-corrected chi connectivity index (χ3v) is 10.9. The highest BCUT2D eigenvalue weighted by molar-refractivity contribution is 5.84. The molecule has 0 aliphatic carbocycles. The van der Waals surface area contributed by atoms with Crippen molar-refractivity contribution in [3.05, 3.63) is 0 Å². The molecule has 0 aliphatic heterocycles. The Labute approximate surface area is 305 Å². The molecule has 3 atom stereocenters. The summed E-state index contributed by atoms with van der Waals surface area (Å²) in [6.07, 6.45) is 38.8. The van der Waals surface area contributed by atoms with Crippen LogP contribution < -0.4 is 0 Å². The summed E-state index contributed by atoms with van der Waals surface area (Å²) in [5, 5.41) is 20.6. The van der Waals surface area contributed by atoms with Gasteiger partial charge in [0.25, 0.3) is 0 Å². The summed E-state index contributed by atoms with van der Waals surface area (Å²) in [6.45, 7) is 9.36. The van der Waals surface area contributed by atoms with Crippen molar-refractivity contribution < 1.29 is 24.5 Å². The fourth-order valence-electron chi connectivity index (χ4n) is 7.61. The Balaban J connectivity index is 5.51. The highest BCUT2D eigenvalue weighted by Crippen LogP contribution is 2.34. The van der Waals surface area contributed by atoms with Gasteiger partial charge in [0, 0.05) is 0 Å². The number of hydrogen-bond donors (Lipinski definition) is 2. The minimum absolute atomic E-state index is 0.187. The van der Waals surface area contributed by atoms with Gasteiger partial charge in [0.05, 0.1) is 13.0 Å². The molecular formula is C44H86O5. The Morgan fingerprint density at radius 2 is 0.735 bits per heavy atom. The molecular weight excluding hydrogens is 608 g/mol. The molecule has 3 unspecified atom stereocenters. The molecule has 49 heavy (non-hydrogen) atoms. The standard InChI is InChI=1S/C44H86O5/c1-5-9-13-17-21-23-27-30-34-40(33-29-25-19-15-11-7-3)37-44(43(47)48,38-42(45)46)49-39-41(35-31-26-20-16-12-8-4)36-32-28-24-22-18-14-10-6-2/h40-41H,5-39H2,1-4H3,(H,45,46)(H,47,48). The molecule has 5 nitrogen and oxygen atoms in total. The van der Waals surface area contributed by atoms with Crippen molar-refractivity contribution in [2.45, 2.75) is 252 Å². The molecule has 0 rings (SSSR count). The Morgan fingerprint density at radius 3 is 1.02 bits per heavy atom. The van der Waals surface area contributed by atoms with Gasteiger partial charge in [-0.1, -0.05) is 220 Å². The lowest BCUT2D eigenvalue weighted by Crippen LogP contribution is -2.46. The van der Waals surface area contributed by atoms with Crippen LogP contribution >= 0.6 is 0 Å². The van der Waals surface area contributed by atoms with Crippen LogP contribution in [0.3, 0.4) is 0 Å². The molecule has 0 fully saturated rings. The van der Waals surface area contributed by atoms with Crippen LogP contribution in [0.25, 0.3) is 0 Å². The summed E-state index contributed by atoms with van der Waals surface area (Å²) in [5.41, 5.74) is -1.64. The van der Waals surface area contributed by atoms with E-state index in [1.165, 1.54) is 154 Å². The second-order valence-electron chi connectivity index (χ2n) is 15.8. The maximum atomic E-state index is 13.0. The maximum Gasteiger partial charge on any atom is 0.336 e. The van der Waals surface area contributed by atoms with E-state index >= 15 is 0 Å². The predicted octanol–water partition coefficient (Wildman–Crippen LogP) is 14.5. The van der Waals surface area contributed by atoms with E-state index in [4.69, 9.17) is 4.74 Å². The van der Waals surface area contributed by atoms with E-state index in [0.29, 0.717) is 18.9 Å². The molecule has 0 aromatic heterocycles. The van der Waals surface area contributed by atoms with Crippen LogP contribution in [0, 0.1) is 11.8 Å². The van der Waals surface area contributed by atoms with Gasteiger partial charge in [-0.15, -0.1) is 0 Å². The zero-order chi connectivity index (χ0) is 36.3. The first-order valence-electron chi connectivity index (χ1n) is 21.9. The summed E-state index contributed by atoms with van der Waals surface area (Å²) in [7, 11) is 0. The number of hydrogen-bond acceptors (Lipinski definition) is 3. The number of carbonyl (C=O) groups is 2. The second-order valence-corrected chi connectivity index (χ2v) is 15.8. The highest BCUT2D eigenvalue weighted by Gasteiger charge is 2.44. The zero-order valence-electron chi connectivity index (χ0n) is 33.5. The van der Waals surface area contributed by atoms with Crippen LogP contribution in [0.5, 0.6) is 0 Å². The molecule has 0 aliphatic rings. The number of unbranched alkanes of at least 4 members (excludes halogenated alkanes) is 24. The molecule has 5 heteroatoms. The lowest BCUT2D eigenvalue weighted by atomic mass is 9.81. The fourth-order valence-corrected chi connectivity index (χ4v) is 7.61. The van der Waals surface area contributed by atoms with Crippen LogP contribution in [0.2, 0.25) is 0 Å². The number of carboxylic acids is 2. The molecule has 0 heterocycles. The molecule has 0 saturated carbocycles. The minimum atomic E-state index is -1.64. The smallest absolute Gasteiger partial charge is 0.336 e. The molecule has 0 spiro atoms. The van der Waals surface area contributed by atoms with Gasteiger partial charge in [0.2, 0.25) is 0 Å². The van der Waals surface area contributed by atoms with Crippen molar-refractivity contribution in [1.82, 2.24) is 0 Å². The molecule has 0 bridgehead atoms. The molecule has 292 valence electrons. The van der Waals surface area contributed by atoms with E-state index < -0.39 is 24.0 Å². The van der Waals surface area contributed by atoms with Crippen LogP contribution in [-0.2, 0) is 14.3 Å². The molecule has 0 saturated heterocycles. The molecule has 0 radical (unpaired) electrons. The predicted molar refractivity (Wildman–Crippen MR) is 211 cm³/mol. The van der Waals surface area contributed by atoms with Gasteiger partial charge in [0.1, 0.15) is 0 Å². The molecule has 0 aromatic carbocycles. The van der Waals surface area contributed by atoms with Crippen LogP contribution in [0.1, 0.15) is 246 Å². The van der Waals surface area contributed by atoms with Crippen molar-refractivity contribution >= 4 is 11.9 Å². The number of carboxylic acid groups (broad SMARTS) is 2. The Hall–Kier alpha value is -1.10. The zero-order valence-corrected chi connectivity index (χ0v) is 33.5. The second kappa shape index (κ2) is 35.3. The van der Waals surface area contributed by atoms with Crippen molar-refractivity contribution in [1.29, 1.82) is 0 Å². The van der Waals surface area contributed by atoms with E-state index in [1.807, 2.05) is 0 Å². The van der Waals surface area contributed by atoms with Crippen molar-refractivity contribution in [2.24, 2.45) is 11.8 Å². The first-order chi connectivity index (χ1) is 23.8. The van der Waals surface area contributed by atoms with Crippen molar-refractivity contribution in [2.75, 3.05) is 6.61 Å². The van der Waals surface area contributed by atoms with Crippen LogP contribution in [-0.4, -0.2) is 34.4 Å². The number of ether oxygens (including phenoxy) is 1. The lowest BCUT2D eigenvalue weighted by Gasteiger charge is -2.34. The van der Waals surface area contributed by atoms with Gasteiger partial charge < -0.3 is 14.9 Å². The first-order valence-corrected chi connectivity index (χ1v) is 21.9. The summed E-state index contributed by atoms with van der Waals surface area (Å²) >= 11 is 0. The number of aliphatic carboxylic acids is 2. The maximum absolute atomic E-state index is 13.0. The summed E-state index contributed by atoms with van der Waals surface area (Å²) in [4.78, 5) is 25.2. The Morgan fingerprint density at radius 1 is 0.449 bits per heavy atom. The number of rotatable bonds is 40. The highest BCUT2D eigenvalue weighted by atomic mass is 16.5. The van der Waals surface area contributed by atoms with Crippen LogP contribution in [0.15, 0.2) is 0 Å². The van der Waals surface area contributed by atoms with Gasteiger partial charge in [-0.2, -0.15) is 0 Å². The first kappa shape index (κ1) is 47.9. The molecule has 2 N–H and O–H groups in total. The SMILES string of the molecule is CCCCCCCCCCC(CCCCCCCC)COC(CC(=O)O)(CC(CCCCCCCC)CCCCCCCCCC)C(=O)O. The average Bonchev–Trinajstić information content (AvgIpc) is 3.07. The summed E-state index contributed by atoms with van der Waals surface area (Å²) in [6, 6.07) is 0. The molecule has 0 aromatic rings. The average molecular weight is 695 g/mol. The van der Waals surface area contributed by atoms with Gasteiger partial charge in [-0.25, -0.2) is 4.79 Å². The van der Waals surface area contributed by atoms with Crippen molar-refractivity contribution in [3.63, 3.8) is 0 Å². The van der Waals surface area contributed by atoms with Gasteiger partial charge in [0.15, 0.2) is 5.60 Å². The largest absolute Gasteiger partial charge is 0.481 e.